The second-order valence-electron chi connectivity index (χ2n) is 6.20. The molecule has 0 unspecified atom stereocenters. The van der Waals surface area contributed by atoms with Crippen LogP contribution in [0.25, 0.3) is 0 Å². The number of fused-ring (bicyclic) bond motifs is 1. The lowest BCUT2D eigenvalue weighted by molar-refractivity contribution is 0.276. The minimum absolute atomic E-state index is 0.563. The summed E-state index contributed by atoms with van der Waals surface area (Å²) in [5, 5.41) is 11.9. The molecular formula is C19H20N4OS. The summed E-state index contributed by atoms with van der Waals surface area (Å²) in [7, 11) is 0. The average molecular weight is 352 g/mol. The lowest BCUT2D eigenvalue weighted by Crippen LogP contribution is -2.26. The largest absolute Gasteiger partial charge is 0.438 e. The first-order valence-electron chi connectivity index (χ1n) is 8.48. The van der Waals surface area contributed by atoms with Crippen LogP contribution >= 0.6 is 11.3 Å². The molecule has 0 amide bonds. The Kier molecular flexibility index (Phi) is 4.72. The van der Waals surface area contributed by atoms with E-state index in [9.17, 15) is 0 Å². The fraction of sp³-hybridized carbons (Fsp3) is 0.316. The van der Waals surface area contributed by atoms with Crippen molar-refractivity contribution in [3.05, 3.63) is 63.7 Å². The van der Waals surface area contributed by atoms with E-state index < -0.39 is 0 Å². The topological polar surface area (TPSA) is 51.1 Å². The standard InChI is InChI=1S/C19H20N4OS/c1-14-20-16(13-25-14)12-23-9-7-15-11-19(22-21-18(15)8-10-23)24-17-5-3-2-4-6-17/h2-6,11,13H,7-10,12H2,1H3. The predicted octanol–water partition coefficient (Wildman–Crippen LogP) is 3.63. The number of benzene rings is 1. The van der Waals surface area contributed by atoms with Gasteiger partial charge in [-0.1, -0.05) is 18.2 Å². The minimum atomic E-state index is 0.563. The zero-order valence-corrected chi connectivity index (χ0v) is 15.0. The molecule has 5 nitrogen and oxygen atoms in total. The second-order valence-corrected chi connectivity index (χ2v) is 7.27. The van der Waals surface area contributed by atoms with Crippen molar-refractivity contribution in [1.29, 1.82) is 0 Å². The Morgan fingerprint density at radius 3 is 2.76 bits per heavy atom. The number of para-hydroxylation sites is 1. The van der Waals surface area contributed by atoms with E-state index in [-0.39, 0.29) is 0 Å². The molecule has 128 valence electrons. The third kappa shape index (κ3) is 4.03. The Balaban J connectivity index is 1.44. The highest BCUT2D eigenvalue weighted by molar-refractivity contribution is 7.09. The van der Waals surface area contributed by atoms with Crippen LogP contribution in [0.2, 0.25) is 0 Å². The van der Waals surface area contributed by atoms with Gasteiger partial charge in [0.25, 0.3) is 0 Å². The quantitative estimate of drug-likeness (QED) is 0.718. The highest BCUT2D eigenvalue weighted by atomic mass is 32.1. The van der Waals surface area contributed by atoms with Crippen LogP contribution in [0.15, 0.2) is 41.8 Å². The number of nitrogens with zero attached hydrogens (tertiary/aromatic N) is 4. The molecule has 0 atom stereocenters. The van der Waals surface area contributed by atoms with E-state index in [1.165, 1.54) is 5.56 Å². The fourth-order valence-electron chi connectivity index (χ4n) is 3.04. The summed E-state index contributed by atoms with van der Waals surface area (Å²) in [5.41, 5.74) is 3.47. The highest BCUT2D eigenvalue weighted by Crippen LogP contribution is 2.23. The maximum atomic E-state index is 5.81. The van der Waals surface area contributed by atoms with Gasteiger partial charge in [-0.3, -0.25) is 4.90 Å². The number of thiazole rings is 1. The third-order valence-corrected chi connectivity index (χ3v) is 5.14. The fourth-order valence-corrected chi connectivity index (χ4v) is 3.65. The Bertz CT molecular complexity index is 850. The van der Waals surface area contributed by atoms with Crippen LogP contribution in [-0.2, 0) is 19.4 Å². The molecular weight excluding hydrogens is 332 g/mol. The molecule has 0 aliphatic carbocycles. The summed E-state index contributed by atoms with van der Waals surface area (Å²) in [6.45, 7) is 4.94. The molecule has 3 heterocycles. The van der Waals surface area contributed by atoms with Crippen molar-refractivity contribution in [2.24, 2.45) is 0 Å². The zero-order valence-electron chi connectivity index (χ0n) is 14.2. The van der Waals surface area contributed by atoms with Gasteiger partial charge in [0.15, 0.2) is 0 Å². The maximum absolute atomic E-state index is 5.81. The lowest BCUT2D eigenvalue weighted by atomic mass is 10.1. The molecule has 1 aliphatic heterocycles. The van der Waals surface area contributed by atoms with Gasteiger partial charge < -0.3 is 4.74 Å². The van der Waals surface area contributed by atoms with Crippen molar-refractivity contribution in [2.75, 3.05) is 13.1 Å². The number of rotatable bonds is 4. The maximum Gasteiger partial charge on any atom is 0.239 e. The van der Waals surface area contributed by atoms with Gasteiger partial charge in [-0.25, -0.2) is 4.98 Å². The Hall–Kier alpha value is -2.31. The van der Waals surface area contributed by atoms with Gasteiger partial charge in [-0.2, -0.15) is 5.10 Å². The summed E-state index contributed by atoms with van der Waals surface area (Å²) >= 11 is 1.71. The monoisotopic (exact) mass is 352 g/mol. The van der Waals surface area contributed by atoms with Crippen LogP contribution in [0, 0.1) is 6.92 Å². The number of hydrogen-bond acceptors (Lipinski definition) is 6. The van der Waals surface area contributed by atoms with Crippen LogP contribution in [0.1, 0.15) is 22.0 Å². The Morgan fingerprint density at radius 1 is 1.12 bits per heavy atom. The molecule has 3 aromatic rings. The van der Waals surface area contributed by atoms with Crippen LogP contribution in [-0.4, -0.2) is 33.2 Å². The van der Waals surface area contributed by atoms with Gasteiger partial charge >= 0.3 is 0 Å². The van der Waals surface area contributed by atoms with Gasteiger partial charge in [0.1, 0.15) is 5.75 Å². The molecule has 6 heteroatoms. The van der Waals surface area contributed by atoms with E-state index >= 15 is 0 Å². The average Bonchev–Trinajstić information content (AvgIpc) is 2.93. The number of hydrogen-bond donors (Lipinski definition) is 0. The zero-order chi connectivity index (χ0) is 17.1. The van der Waals surface area contributed by atoms with Crippen molar-refractivity contribution >= 4 is 11.3 Å². The molecule has 0 fully saturated rings. The highest BCUT2D eigenvalue weighted by Gasteiger charge is 2.17. The lowest BCUT2D eigenvalue weighted by Gasteiger charge is -2.17. The summed E-state index contributed by atoms with van der Waals surface area (Å²) < 4.78 is 5.81. The molecule has 0 bridgehead atoms. The molecule has 25 heavy (non-hydrogen) atoms. The van der Waals surface area contributed by atoms with Crippen molar-refractivity contribution < 1.29 is 4.74 Å². The molecule has 0 spiro atoms. The summed E-state index contributed by atoms with van der Waals surface area (Å²) in [5.74, 6) is 1.35. The van der Waals surface area contributed by atoms with E-state index in [1.807, 2.05) is 36.4 Å². The first-order chi connectivity index (χ1) is 12.3. The first-order valence-corrected chi connectivity index (χ1v) is 9.36. The Morgan fingerprint density at radius 2 is 1.96 bits per heavy atom. The molecule has 0 saturated heterocycles. The molecule has 1 aliphatic rings. The van der Waals surface area contributed by atoms with Crippen LogP contribution in [0.4, 0.5) is 0 Å². The van der Waals surface area contributed by atoms with Crippen molar-refractivity contribution in [1.82, 2.24) is 20.1 Å². The number of aryl methyl sites for hydroxylation is 1. The van der Waals surface area contributed by atoms with E-state index in [0.717, 1.165) is 54.6 Å². The van der Waals surface area contributed by atoms with Crippen molar-refractivity contribution in [3.63, 3.8) is 0 Å². The van der Waals surface area contributed by atoms with Gasteiger partial charge in [0.05, 0.1) is 16.4 Å². The normalized spacial score (nSPS) is 14.8. The number of ether oxygens (including phenoxy) is 1. The van der Waals surface area contributed by atoms with E-state index in [2.05, 4.69) is 32.4 Å². The second kappa shape index (κ2) is 7.29. The van der Waals surface area contributed by atoms with Crippen molar-refractivity contribution in [2.45, 2.75) is 26.3 Å². The summed E-state index contributed by atoms with van der Waals surface area (Å²) in [6.07, 6.45) is 1.87. The van der Waals surface area contributed by atoms with Crippen LogP contribution in [0.3, 0.4) is 0 Å². The SMILES string of the molecule is Cc1nc(CN2CCc3cc(Oc4ccccc4)nnc3CC2)cs1. The van der Waals surface area contributed by atoms with Crippen LogP contribution < -0.4 is 4.74 Å². The third-order valence-electron chi connectivity index (χ3n) is 4.32. The summed E-state index contributed by atoms with van der Waals surface area (Å²) in [4.78, 5) is 7.01. The molecule has 0 radical (unpaired) electrons. The Labute approximate surface area is 151 Å². The van der Waals surface area contributed by atoms with E-state index in [1.54, 1.807) is 11.3 Å². The van der Waals surface area contributed by atoms with Gasteiger partial charge in [-0.15, -0.1) is 16.4 Å². The molecule has 4 rings (SSSR count). The molecule has 0 N–H and O–H groups in total. The van der Waals surface area contributed by atoms with Gasteiger partial charge in [-0.05, 0) is 31.0 Å². The van der Waals surface area contributed by atoms with E-state index in [4.69, 9.17) is 4.74 Å². The van der Waals surface area contributed by atoms with Gasteiger partial charge in [0.2, 0.25) is 5.88 Å². The van der Waals surface area contributed by atoms with Crippen LogP contribution in [0.5, 0.6) is 11.6 Å². The van der Waals surface area contributed by atoms with E-state index in [0.29, 0.717) is 5.88 Å². The number of aromatic nitrogens is 3. The van der Waals surface area contributed by atoms with Crippen molar-refractivity contribution in [3.8, 4) is 11.6 Å². The first kappa shape index (κ1) is 16.2. The molecule has 0 saturated carbocycles. The predicted molar refractivity (Wildman–Crippen MR) is 98.1 cm³/mol. The smallest absolute Gasteiger partial charge is 0.239 e. The van der Waals surface area contributed by atoms with Gasteiger partial charge in [0, 0.05) is 37.5 Å². The molecule has 2 aromatic heterocycles. The summed E-state index contributed by atoms with van der Waals surface area (Å²) in [6, 6.07) is 11.7. The molecule has 1 aromatic carbocycles. The minimum Gasteiger partial charge on any atom is -0.438 e.